The first-order chi connectivity index (χ1) is 5.91. The molecule has 0 aliphatic rings. The second-order valence-corrected chi connectivity index (χ2v) is 0.687. The third kappa shape index (κ3) is 15.9. The van der Waals surface area contributed by atoms with Gasteiger partial charge in [-0.3, -0.25) is 5.04 Å². The van der Waals surface area contributed by atoms with Crippen LogP contribution in [0, 0.1) is 0 Å². The molecule has 0 aromatic carbocycles. The van der Waals surface area contributed by atoms with Crippen LogP contribution in [0.1, 0.15) is 0 Å². The second kappa shape index (κ2) is 15.6. The zero-order valence-electron chi connectivity index (χ0n) is 5.94. The fraction of sp³-hybridized carbons (Fsp3) is 0. The SMILES string of the molecule is [K+].[O-]OOOOOOOOOOO. The van der Waals surface area contributed by atoms with Crippen LogP contribution in [-0.4, -0.2) is 5.26 Å². The average molecular weight is 232 g/mol. The minimum Gasteiger partial charge on any atom is -0.689 e. The molecule has 0 aliphatic carbocycles. The smallest absolute Gasteiger partial charge is 0.689 e. The summed E-state index contributed by atoms with van der Waals surface area (Å²) in [5.41, 5.74) is 0. The summed E-state index contributed by atoms with van der Waals surface area (Å²) >= 11 is 0. The molecule has 0 saturated carbocycles. The quantitative estimate of drug-likeness (QED) is 0.176. The van der Waals surface area contributed by atoms with E-state index in [1.807, 2.05) is 0 Å². The van der Waals surface area contributed by atoms with Gasteiger partial charge in [-0.2, -0.15) is 0 Å². The van der Waals surface area contributed by atoms with Crippen LogP contribution < -0.4 is 56.6 Å². The molecule has 0 fully saturated rings. The standard InChI is InChI=1S/K.H2O12/c;1-3-5-7-9-11-12-10-8-6-4-2/h;1-2H/q+1;/p-1. The summed E-state index contributed by atoms with van der Waals surface area (Å²) in [7, 11) is 0. The third-order valence-electron chi connectivity index (χ3n) is 0.253. The van der Waals surface area contributed by atoms with Gasteiger partial charge in [0.2, 0.25) is 0 Å². The summed E-state index contributed by atoms with van der Waals surface area (Å²) in [6.07, 6.45) is 0. The van der Waals surface area contributed by atoms with Gasteiger partial charge in [0.25, 0.3) is 0 Å². The van der Waals surface area contributed by atoms with E-state index in [0.29, 0.717) is 0 Å². The van der Waals surface area contributed by atoms with E-state index in [9.17, 15) is 0 Å². The van der Waals surface area contributed by atoms with E-state index >= 15 is 0 Å². The minimum atomic E-state index is 0. The zero-order chi connectivity index (χ0) is 9.07. The van der Waals surface area contributed by atoms with Crippen molar-refractivity contribution in [1.82, 2.24) is 0 Å². The van der Waals surface area contributed by atoms with Crippen LogP contribution in [0.5, 0.6) is 0 Å². The first kappa shape index (κ1) is 16.6. The van der Waals surface area contributed by atoms with Gasteiger partial charge in [0.1, 0.15) is 0 Å². The van der Waals surface area contributed by atoms with Crippen LogP contribution in [0.4, 0.5) is 0 Å². The molecular weight excluding hydrogens is 231 g/mol. The van der Waals surface area contributed by atoms with Crippen molar-refractivity contribution in [1.29, 1.82) is 0 Å². The van der Waals surface area contributed by atoms with Gasteiger partial charge in [-0.05, 0) is 45.3 Å². The Morgan fingerprint density at radius 3 is 1.46 bits per heavy atom. The maximum absolute atomic E-state index is 8.96. The molecule has 12 nitrogen and oxygen atoms in total. The number of hydrogen-bond acceptors (Lipinski definition) is 12. The minimum absolute atomic E-state index is 0. The summed E-state index contributed by atoms with van der Waals surface area (Å²) in [6, 6.07) is 0. The van der Waals surface area contributed by atoms with Crippen LogP contribution in [0.2, 0.25) is 0 Å². The maximum atomic E-state index is 8.96. The molecule has 0 aromatic rings. The van der Waals surface area contributed by atoms with Gasteiger partial charge >= 0.3 is 51.4 Å². The number of rotatable bonds is 9. The normalized spacial score (nSPS) is 9.69. The molecule has 74 valence electrons. The van der Waals surface area contributed by atoms with E-state index in [0.717, 1.165) is 0 Å². The third-order valence-corrected chi connectivity index (χ3v) is 0.253. The average Bonchev–Trinajstić information content (AvgIpc) is 2.10. The van der Waals surface area contributed by atoms with E-state index in [2.05, 4.69) is 50.4 Å². The Kier molecular flexibility index (Phi) is 19.9. The Morgan fingerprint density at radius 1 is 0.692 bits per heavy atom. The predicted octanol–water partition coefficient (Wildman–Crippen LogP) is -4.86. The molecule has 1 N–H and O–H groups in total. The van der Waals surface area contributed by atoms with Crippen LogP contribution in [0.3, 0.4) is 0 Å². The topological polar surface area (TPSA) is 136 Å². The van der Waals surface area contributed by atoms with Crippen molar-refractivity contribution in [2.24, 2.45) is 0 Å². The predicted molar refractivity (Wildman–Crippen MR) is 13.5 cm³/mol. The summed E-state index contributed by atoms with van der Waals surface area (Å²) in [6.45, 7) is 0. The van der Waals surface area contributed by atoms with Gasteiger partial charge in [0.15, 0.2) is 0 Å². The fourth-order valence-corrected chi connectivity index (χ4v) is 0.0918. The van der Waals surface area contributed by atoms with Gasteiger partial charge in [-0.15, -0.1) is 0 Å². The Morgan fingerprint density at radius 2 is 1.08 bits per heavy atom. The molecule has 0 spiro atoms. The fourth-order valence-electron chi connectivity index (χ4n) is 0.0918. The summed E-state index contributed by atoms with van der Waals surface area (Å²) < 4.78 is 0. The molecule has 0 rings (SSSR count). The Hall–Kier alpha value is 1.16. The van der Waals surface area contributed by atoms with Gasteiger partial charge in [-0.25, -0.2) is 5.26 Å². The first-order valence-electron chi connectivity index (χ1n) is 1.85. The van der Waals surface area contributed by atoms with Crippen molar-refractivity contribution in [3.63, 3.8) is 0 Å². The van der Waals surface area contributed by atoms with Crippen molar-refractivity contribution >= 4 is 0 Å². The largest absolute Gasteiger partial charge is 1.00 e. The zero-order valence-corrected chi connectivity index (χ0v) is 9.06. The molecule has 0 bridgehead atoms. The molecule has 0 heterocycles. The Balaban J connectivity index is 0. The van der Waals surface area contributed by atoms with E-state index in [1.54, 1.807) is 0 Å². The molecule has 0 saturated heterocycles. The van der Waals surface area contributed by atoms with Gasteiger partial charge in [-0.1, -0.05) is 0 Å². The first-order valence-corrected chi connectivity index (χ1v) is 1.85. The molecule has 0 atom stereocenters. The van der Waals surface area contributed by atoms with E-state index < -0.39 is 0 Å². The Bertz CT molecular complexity index is 61.5. The van der Waals surface area contributed by atoms with Gasteiger partial charge < -0.3 is 5.26 Å². The monoisotopic (exact) mass is 232 g/mol. The van der Waals surface area contributed by atoms with Crippen LogP contribution in [0.15, 0.2) is 0 Å². The van der Waals surface area contributed by atoms with Gasteiger partial charge in [0.05, 0.1) is 0 Å². The van der Waals surface area contributed by atoms with Crippen molar-refractivity contribution in [3.05, 3.63) is 0 Å². The van der Waals surface area contributed by atoms with Crippen LogP contribution in [-0.2, 0) is 50.4 Å². The molecule has 0 aliphatic heterocycles. The maximum Gasteiger partial charge on any atom is 1.00 e. The molecule has 13 heteroatoms. The summed E-state index contributed by atoms with van der Waals surface area (Å²) in [5.74, 6) is 0. The van der Waals surface area contributed by atoms with Crippen LogP contribution in [0.25, 0.3) is 0 Å². The molecule has 13 heavy (non-hydrogen) atoms. The number of hydrogen-bond donors (Lipinski definition) is 1. The van der Waals surface area contributed by atoms with Gasteiger partial charge in [0, 0.05) is 0 Å². The van der Waals surface area contributed by atoms with Crippen molar-refractivity contribution in [3.8, 4) is 0 Å². The van der Waals surface area contributed by atoms with Crippen molar-refractivity contribution in [2.45, 2.75) is 0 Å². The van der Waals surface area contributed by atoms with E-state index in [-0.39, 0.29) is 51.4 Å². The molecule has 0 radical (unpaired) electrons. The van der Waals surface area contributed by atoms with Crippen LogP contribution >= 0.6 is 0 Å². The second-order valence-electron chi connectivity index (χ2n) is 0.687. The van der Waals surface area contributed by atoms with E-state index in [1.165, 1.54) is 0 Å². The molecular formula is HKO12. The summed E-state index contributed by atoms with van der Waals surface area (Å²) in [4.78, 5) is 0. The molecule has 0 unspecified atom stereocenters. The Labute approximate surface area is 111 Å². The molecule has 0 aromatic heterocycles. The van der Waals surface area contributed by atoms with Crippen molar-refractivity contribution < 1.29 is 112 Å². The molecule has 0 amide bonds. The summed E-state index contributed by atoms with van der Waals surface area (Å²) in [5, 5.41) is 48.0. The van der Waals surface area contributed by atoms with Crippen molar-refractivity contribution in [2.75, 3.05) is 0 Å². The van der Waals surface area contributed by atoms with E-state index in [4.69, 9.17) is 10.5 Å².